The third-order valence-electron chi connectivity index (χ3n) is 2.64. The number of benzene rings is 1. The maximum Gasteiger partial charge on any atom is 0.0752 e. The molecule has 0 unspecified atom stereocenters. The van der Waals surface area contributed by atoms with Crippen LogP contribution in [0.3, 0.4) is 0 Å². The van der Waals surface area contributed by atoms with Gasteiger partial charge in [0, 0.05) is 30.4 Å². The molecule has 2 rings (SSSR count). The van der Waals surface area contributed by atoms with E-state index in [9.17, 15) is 0 Å². The Hall–Kier alpha value is -1.61. The summed E-state index contributed by atoms with van der Waals surface area (Å²) in [6, 6.07) is 6.31. The summed E-state index contributed by atoms with van der Waals surface area (Å²) in [5.74, 6) is 0. The second kappa shape index (κ2) is 4.49. The predicted octanol–water partition coefficient (Wildman–Crippen LogP) is 2.22. The molecule has 0 aliphatic rings. The fraction of sp³-hybridized carbons (Fsp3) is 0.308. The van der Waals surface area contributed by atoms with Crippen molar-refractivity contribution in [3.63, 3.8) is 0 Å². The quantitative estimate of drug-likeness (QED) is 0.825. The van der Waals surface area contributed by atoms with E-state index in [-0.39, 0.29) is 0 Å². The molecule has 84 valence electrons. The Bertz CT molecular complexity index is 506. The van der Waals surface area contributed by atoms with Gasteiger partial charge in [-0.1, -0.05) is 11.6 Å². The number of pyridine rings is 1. The third kappa shape index (κ3) is 1.99. The first-order valence-corrected chi connectivity index (χ1v) is 5.52. The molecule has 0 radical (unpaired) electrons. The molecule has 3 heteroatoms. The molecule has 0 aliphatic carbocycles. The summed E-state index contributed by atoms with van der Waals surface area (Å²) in [5, 5.41) is 4.50. The van der Waals surface area contributed by atoms with Crippen LogP contribution in [0.5, 0.6) is 0 Å². The zero-order chi connectivity index (χ0) is 11.5. The van der Waals surface area contributed by atoms with Gasteiger partial charge in [-0.3, -0.25) is 4.98 Å². The molecule has 1 heterocycles. The van der Waals surface area contributed by atoms with E-state index in [2.05, 4.69) is 36.3 Å². The van der Waals surface area contributed by atoms with E-state index >= 15 is 0 Å². The van der Waals surface area contributed by atoms with Crippen molar-refractivity contribution in [3.8, 4) is 0 Å². The Morgan fingerprint density at radius 2 is 2.12 bits per heavy atom. The molecule has 0 spiro atoms. The van der Waals surface area contributed by atoms with Crippen molar-refractivity contribution in [2.45, 2.75) is 13.8 Å². The number of nitrogens with one attached hydrogen (secondary N) is 1. The molecule has 3 N–H and O–H groups in total. The third-order valence-corrected chi connectivity index (χ3v) is 2.64. The molecule has 2 aromatic rings. The number of hydrogen-bond acceptors (Lipinski definition) is 3. The van der Waals surface area contributed by atoms with Gasteiger partial charge in [-0.25, -0.2) is 0 Å². The molecule has 0 bridgehead atoms. The van der Waals surface area contributed by atoms with E-state index in [4.69, 9.17) is 5.73 Å². The fourth-order valence-corrected chi connectivity index (χ4v) is 1.97. The minimum absolute atomic E-state index is 0.634. The highest BCUT2D eigenvalue weighted by Gasteiger charge is 2.04. The zero-order valence-electron chi connectivity index (χ0n) is 9.75. The van der Waals surface area contributed by atoms with Crippen molar-refractivity contribution < 1.29 is 0 Å². The predicted molar refractivity (Wildman–Crippen MR) is 68.8 cm³/mol. The van der Waals surface area contributed by atoms with Gasteiger partial charge in [-0.15, -0.1) is 0 Å². The second-order valence-electron chi connectivity index (χ2n) is 4.05. The minimum Gasteiger partial charge on any atom is -0.383 e. The number of rotatable bonds is 3. The highest BCUT2D eigenvalue weighted by molar-refractivity contribution is 5.93. The lowest BCUT2D eigenvalue weighted by Gasteiger charge is -2.10. The van der Waals surface area contributed by atoms with Crippen LogP contribution < -0.4 is 11.1 Å². The smallest absolute Gasteiger partial charge is 0.0752 e. The van der Waals surface area contributed by atoms with Crippen molar-refractivity contribution >= 4 is 16.6 Å². The summed E-state index contributed by atoms with van der Waals surface area (Å²) in [7, 11) is 0. The summed E-state index contributed by atoms with van der Waals surface area (Å²) in [4.78, 5) is 4.42. The van der Waals surface area contributed by atoms with Gasteiger partial charge in [0.25, 0.3) is 0 Å². The van der Waals surface area contributed by atoms with E-state index in [1.54, 1.807) is 0 Å². The van der Waals surface area contributed by atoms with Crippen LogP contribution in [0.1, 0.15) is 11.1 Å². The van der Waals surface area contributed by atoms with E-state index in [0.717, 1.165) is 17.7 Å². The monoisotopic (exact) mass is 215 g/mol. The molecular weight excluding hydrogens is 198 g/mol. The van der Waals surface area contributed by atoms with Gasteiger partial charge in [0.05, 0.1) is 5.52 Å². The lowest BCUT2D eigenvalue weighted by atomic mass is 10.1. The van der Waals surface area contributed by atoms with Gasteiger partial charge in [-0.2, -0.15) is 0 Å². The minimum atomic E-state index is 0.634. The summed E-state index contributed by atoms with van der Waals surface area (Å²) in [5.41, 5.74) is 10.2. The number of nitrogens with two attached hydrogens (primary N) is 1. The second-order valence-corrected chi connectivity index (χ2v) is 4.05. The molecule has 0 saturated heterocycles. The van der Waals surface area contributed by atoms with Crippen molar-refractivity contribution in [1.82, 2.24) is 4.98 Å². The summed E-state index contributed by atoms with van der Waals surface area (Å²) >= 11 is 0. The van der Waals surface area contributed by atoms with E-state index in [1.165, 1.54) is 16.5 Å². The normalized spacial score (nSPS) is 10.7. The van der Waals surface area contributed by atoms with Crippen molar-refractivity contribution in [3.05, 3.63) is 35.5 Å². The summed E-state index contributed by atoms with van der Waals surface area (Å²) in [6.07, 6.45) is 1.84. The van der Waals surface area contributed by atoms with Gasteiger partial charge in [0.2, 0.25) is 0 Å². The van der Waals surface area contributed by atoms with Gasteiger partial charge in [0.1, 0.15) is 0 Å². The Balaban J connectivity index is 2.57. The summed E-state index contributed by atoms with van der Waals surface area (Å²) < 4.78 is 0. The Labute approximate surface area is 95.7 Å². The van der Waals surface area contributed by atoms with Crippen LogP contribution in [0.25, 0.3) is 10.9 Å². The first kappa shape index (κ1) is 10.9. The molecule has 0 atom stereocenters. The van der Waals surface area contributed by atoms with E-state index in [0.29, 0.717) is 6.54 Å². The van der Waals surface area contributed by atoms with E-state index in [1.807, 2.05) is 12.3 Å². The fourth-order valence-electron chi connectivity index (χ4n) is 1.97. The number of fused-ring (bicyclic) bond motifs is 1. The van der Waals surface area contributed by atoms with Crippen LogP contribution in [0.4, 0.5) is 5.69 Å². The van der Waals surface area contributed by atoms with Crippen molar-refractivity contribution in [2.24, 2.45) is 5.73 Å². The molecule has 0 aliphatic heterocycles. The zero-order valence-corrected chi connectivity index (χ0v) is 9.75. The highest BCUT2D eigenvalue weighted by Crippen LogP contribution is 2.25. The average molecular weight is 215 g/mol. The average Bonchev–Trinajstić information content (AvgIpc) is 2.26. The molecule has 16 heavy (non-hydrogen) atoms. The van der Waals surface area contributed by atoms with Gasteiger partial charge in [-0.05, 0) is 31.5 Å². The molecule has 3 nitrogen and oxygen atoms in total. The Morgan fingerprint density at radius 3 is 2.88 bits per heavy atom. The number of anilines is 1. The van der Waals surface area contributed by atoms with Crippen LogP contribution in [0, 0.1) is 13.8 Å². The summed E-state index contributed by atoms with van der Waals surface area (Å²) in [6.45, 7) is 5.61. The topological polar surface area (TPSA) is 50.9 Å². The largest absolute Gasteiger partial charge is 0.383 e. The van der Waals surface area contributed by atoms with Gasteiger partial charge in [0.15, 0.2) is 0 Å². The molecule has 0 fully saturated rings. The van der Waals surface area contributed by atoms with Gasteiger partial charge >= 0.3 is 0 Å². The highest BCUT2D eigenvalue weighted by atomic mass is 14.9. The van der Waals surface area contributed by atoms with Gasteiger partial charge < -0.3 is 11.1 Å². The standard InChI is InChI=1S/C13H17N3/c1-9-7-10(2)13-11(8-9)12(3-5-16-13)15-6-4-14/h3,5,7-8H,4,6,14H2,1-2H3,(H,15,16). The van der Waals surface area contributed by atoms with Crippen LogP contribution in [0.2, 0.25) is 0 Å². The van der Waals surface area contributed by atoms with Crippen LogP contribution in [-0.4, -0.2) is 18.1 Å². The first-order chi connectivity index (χ1) is 7.72. The SMILES string of the molecule is Cc1cc(C)c2nccc(NCCN)c2c1. The molecule has 0 saturated carbocycles. The maximum atomic E-state index is 5.50. The number of nitrogens with zero attached hydrogens (tertiary/aromatic N) is 1. The number of aryl methyl sites for hydroxylation is 2. The lowest BCUT2D eigenvalue weighted by Crippen LogP contribution is -2.13. The maximum absolute atomic E-state index is 5.50. The van der Waals surface area contributed by atoms with Crippen LogP contribution in [-0.2, 0) is 0 Å². The van der Waals surface area contributed by atoms with Crippen LogP contribution >= 0.6 is 0 Å². The van der Waals surface area contributed by atoms with Crippen LogP contribution in [0.15, 0.2) is 24.4 Å². The van der Waals surface area contributed by atoms with Crippen molar-refractivity contribution in [1.29, 1.82) is 0 Å². The molecule has 1 aromatic carbocycles. The molecule has 0 amide bonds. The number of aromatic nitrogens is 1. The first-order valence-electron chi connectivity index (χ1n) is 5.52. The molecular formula is C13H17N3. The Morgan fingerprint density at radius 1 is 1.31 bits per heavy atom. The van der Waals surface area contributed by atoms with E-state index < -0.39 is 0 Å². The lowest BCUT2D eigenvalue weighted by molar-refractivity contribution is 1.03. The Kier molecular flexibility index (Phi) is 3.06. The molecule has 1 aromatic heterocycles. The van der Waals surface area contributed by atoms with Crippen molar-refractivity contribution in [2.75, 3.05) is 18.4 Å². The number of hydrogen-bond donors (Lipinski definition) is 2.